The molecule has 2 aromatic carbocycles. The van der Waals surface area contributed by atoms with E-state index in [0.29, 0.717) is 11.3 Å². The number of hydrogen-bond acceptors (Lipinski definition) is 5. The summed E-state index contributed by atoms with van der Waals surface area (Å²) in [6.07, 6.45) is 0.164. The van der Waals surface area contributed by atoms with E-state index in [1.807, 2.05) is 30.3 Å². The molecule has 1 heterocycles. The first-order valence-corrected chi connectivity index (χ1v) is 8.25. The number of methoxy groups -OCH3 is 1. The molecule has 1 aliphatic rings. The van der Waals surface area contributed by atoms with E-state index in [0.717, 1.165) is 4.90 Å². The van der Waals surface area contributed by atoms with Gasteiger partial charge in [-0.25, -0.2) is 9.69 Å². The second-order valence-corrected chi connectivity index (χ2v) is 6.51. The number of esters is 1. The first kappa shape index (κ1) is 16.3. The zero-order chi connectivity index (χ0) is 17.1. The molecular formula is C18H15NO4S. The quantitative estimate of drug-likeness (QED) is 0.632. The number of thioether (sulfide) groups is 1. The van der Waals surface area contributed by atoms with Gasteiger partial charge in [0, 0.05) is 11.3 Å². The Labute approximate surface area is 143 Å². The van der Waals surface area contributed by atoms with Gasteiger partial charge in [0.1, 0.15) is 0 Å². The third kappa shape index (κ3) is 3.19. The Kier molecular flexibility index (Phi) is 4.66. The number of anilines is 1. The maximum Gasteiger partial charge on any atom is 0.337 e. The van der Waals surface area contributed by atoms with Crippen LogP contribution in [0.2, 0.25) is 0 Å². The maximum absolute atomic E-state index is 12.6. The highest BCUT2D eigenvalue weighted by Gasteiger charge is 2.40. The molecule has 1 fully saturated rings. The van der Waals surface area contributed by atoms with Crippen LogP contribution in [0.25, 0.3) is 0 Å². The summed E-state index contributed by atoms with van der Waals surface area (Å²) in [6.45, 7) is 0. The van der Waals surface area contributed by atoms with Crippen LogP contribution in [0.1, 0.15) is 16.8 Å². The fraction of sp³-hybridized carbons (Fsp3) is 0.167. The standard InChI is InChI=1S/C18H15NO4S/c1-23-18(22)12-7-9-13(10-8-12)19-16(20)11-15(17(19)21)24-14-5-3-2-4-6-14/h2-10,15H,11H2,1H3. The molecule has 0 radical (unpaired) electrons. The molecule has 1 atom stereocenters. The van der Waals surface area contributed by atoms with Gasteiger partial charge in [-0.15, -0.1) is 11.8 Å². The van der Waals surface area contributed by atoms with E-state index in [1.54, 1.807) is 24.3 Å². The lowest BCUT2D eigenvalue weighted by atomic mass is 10.2. The van der Waals surface area contributed by atoms with Crippen molar-refractivity contribution < 1.29 is 19.1 Å². The molecule has 1 unspecified atom stereocenters. The number of hydrogen-bond donors (Lipinski definition) is 0. The number of imide groups is 1. The van der Waals surface area contributed by atoms with Gasteiger partial charge in [0.2, 0.25) is 11.8 Å². The summed E-state index contributed by atoms with van der Waals surface area (Å²) in [5, 5.41) is -0.430. The molecule has 5 nitrogen and oxygen atoms in total. The number of amides is 2. The third-order valence-corrected chi connectivity index (χ3v) is 4.87. The van der Waals surface area contributed by atoms with E-state index >= 15 is 0 Å². The number of carbonyl (C=O) groups excluding carboxylic acids is 3. The van der Waals surface area contributed by atoms with Gasteiger partial charge < -0.3 is 4.74 Å². The Bertz CT molecular complexity index is 773. The summed E-state index contributed by atoms with van der Waals surface area (Å²) in [7, 11) is 1.30. The molecule has 2 aromatic rings. The van der Waals surface area contributed by atoms with Crippen molar-refractivity contribution in [2.24, 2.45) is 0 Å². The van der Waals surface area contributed by atoms with Crippen molar-refractivity contribution in [1.82, 2.24) is 0 Å². The normalized spacial score (nSPS) is 17.2. The topological polar surface area (TPSA) is 63.7 Å². The molecular weight excluding hydrogens is 326 g/mol. The lowest BCUT2D eigenvalue weighted by Crippen LogP contribution is -2.31. The van der Waals surface area contributed by atoms with Crippen molar-refractivity contribution in [1.29, 1.82) is 0 Å². The molecule has 122 valence electrons. The first-order chi connectivity index (χ1) is 11.6. The summed E-state index contributed by atoms with van der Waals surface area (Å²) >= 11 is 1.39. The first-order valence-electron chi connectivity index (χ1n) is 7.37. The van der Waals surface area contributed by atoms with Gasteiger partial charge in [-0.3, -0.25) is 9.59 Å². The van der Waals surface area contributed by atoms with Gasteiger partial charge in [-0.2, -0.15) is 0 Å². The number of benzene rings is 2. The maximum atomic E-state index is 12.6. The highest BCUT2D eigenvalue weighted by Crippen LogP contribution is 2.33. The van der Waals surface area contributed by atoms with Crippen molar-refractivity contribution in [3.63, 3.8) is 0 Å². The monoisotopic (exact) mass is 341 g/mol. The van der Waals surface area contributed by atoms with Crippen LogP contribution in [0.5, 0.6) is 0 Å². The van der Waals surface area contributed by atoms with E-state index < -0.39 is 11.2 Å². The molecule has 0 aliphatic carbocycles. The number of carbonyl (C=O) groups is 3. The molecule has 3 rings (SSSR count). The highest BCUT2D eigenvalue weighted by molar-refractivity contribution is 8.00. The van der Waals surface area contributed by atoms with Crippen molar-refractivity contribution >= 4 is 35.2 Å². The number of ether oxygens (including phenoxy) is 1. The Hall–Kier alpha value is -2.60. The van der Waals surface area contributed by atoms with Gasteiger partial charge in [-0.1, -0.05) is 18.2 Å². The fourth-order valence-corrected chi connectivity index (χ4v) is 3.57. The molecule has 0 saturated carbocycles. The summed E-state index contributed by atoms with van der Waals surface area (Å²) < 4.78 is 4.64. The summed E-state index contributed by atoms with van der Waals surface area (Å²) in [4.78, 5) is 38.4. The van der Waals surface area contributed by atoms with Crippen molar-refractivity contribution in [2.45, 2.75) is 16.6 Å². The van der Waals surface area contributed by atoms with Crippen LogP contribution < -0.4 is 4.90 Å². The Balaban J connectivity index is 1.78. The van der Waals surface area contributed by atoms with Crippen LogP contribution in [-0.2, 0) is 14.3 Å². The predicted molar refractivity (Wildman–Crippen MR) is 91.0 cm³/mol. The molecule has 6 heteroatoms. The van der Waals surface area contributed by atoms with Crippen LogP contribution in [0.15, 0.2) is 59.5 Å². The van der Waals surface area contributed by atoms with Crippen LogP contribution in [0.3, 0.4) is 0 Å². The fourth-order valence-electron chi connectivity index (χ4n) is 2.50. The minimum atomic E-state index is -0.460. The van der Waals surface area contributed by atoms with Gasteiger partial charge in [0.15, 0.2) is 0 Å². The Morgan fingerprint density at radius 2 is 1.75 bits per heavy atom. The van der Waals surface area contributed by atoms with Crippen LogP contribution in [-0.4, -0.2) is 30.1 Å². The van der Waals surface area contributed by atoms with Crippen LogP contribution >= 0.6 is 11.8 Å². The van der Waals surface area contributed by atoms with E-state index in [9.17, 15) is 14.4 Å². The van der Waals surface area contributed by atoms with Gasteiger partial charge in [0.25, 0.3) is 0 Å². The summed E-state index contributed by atoms with van der Waals surface area (Å²) in [5.74, 6) is -0.933. The molecule has 24 heavy (non-hydrogen) atoms. The second kappa shape index (κ2) is 6.88. The van der Waals surface area contributed by atoms with E-state index in [1.165, 1.54) is 23.8 Å². The highest BCUT2D eigenvalue weighted by atomic mass is 32.2. The molecule has 0 spiro atoms. The molecule has 0 N–H and O–H groups in total. The second-order valence-electron chi connectivity index (χ2n) is 5.23. The third-order valence-electron chi connectivity index (χ3n) is 3.67. The van der Waals surface area contributed by atoms with Crippen molar-refractivity contribution in [2.75, 3.05) is 12.0 Å². The van der Waals surface area contributed by atoms with Crippen LogP contribution in [0, 0.1) is 0 Å². The minimum absolute atomic E-state index is 0.164. The van der Waals surface area contributed by atoms with E-state index in [-0.39, 0.29) is 18.2 Å². The zero-order valence-electron chi connectivity index (χ0n) is 13.0. The number of rotatable bonds is 4. The number of nitrogens with zero attached hydrogens (tertiary/aromatic N) is 1. The van der Waals surface area contributed by atoms with Gasteiger partial charge >= 0.3 is 5.97 Å². The Morgan fingerprint density at radius 1 is 1.08 bits per heavy atom. The Morgan fingerprint density at radius 3 is 2.38 bits per heavy atom. The van der Waals surface area contributed by atoms with Gasteiger partial charge in [-0.05, 0) is 36.4 Å². The lowest BCUT2D eigenvalue weighted by molar-refractivity contribution is -0.121. The smallest absolute Gasteiger partial charge is 0.337 e. The molecule has 1 saturated heterocycles. The van der Waals surface area contributed by atoms with E-state index in [4.69, 9.17) is 0 Å². The van der Waals surface area contributed by atoms with Gasteiger partial charge in [0.05, 0.1) is 23.6 Å². The van der Waals surface area contributed by atoms with E-state index in [2.05, 4.69) is 4.74 Å². The average molecular weight is 341 g/mol. The largest absolute Gasteiger partial charge is 0.465 e. The molecule has 1 aliphatic heterocycles. The minimum Gasteiger partial charge on any atom is -0.465 e. The summed E-state index contributed by atoms with van der Waals surface area (Å²) in [5.41, 5.74) is 0.837. The average Bonchev–Trinajstić information content (AvgIpc) is 2.89. The van der Waals surface area contributed by atoms with Crippen LogP contribution in [0.4, 0.5) is 5.69 Å². The van der Waals surface area contributed by atoms with Crippen molar-refractivity contribution in [3.05, 3.63) is 60.2 Å². The summed E-state index contributed by atoms with van der Waals surface area (Å²) in [6, 6.07) is 15.8. The lowest BCUT2D eigenvalue weighted by Gasteiger charge is -2.15. The SMILES string of the molecule is COC(=O)c1ccc(N2C(=O)CC(Sc3ccccc3)C2=O)cc1. The van der Waals surface area contributed by atoms with Crippen molar-refractivity contribution in [3.8, 4) is 0 Å². The molecule has 2 amide bonds. The predicted octanol–water partition coefficient (Wildman–Crippen LogP) is 2.90. The molecule has 0 aromatic heterocycles. The zero-order valence-corrected chi connectivity index (χ0v) is 13.8. The molecule has 0 bridgehead atoms.